The van der Waals surface area contributed by atoms with Crippen LogP contribution in [0.3, 0.4) is 0 Å². The molecule has 4 heteroatoms. The number of carbonyl (C=O) groups is 1. The van der Waals surface area contributed by atoms with Gasteiger partial charge in [-0.15, -0.1) is 0 Å². The number of aryl methyl sites for hydroxylation is 1. The Balaban J connectivity index is 1.91. The molecule has 1 aromatic carbocycles. The van der Waals surface area contributed by atoms with Crippen LogP contribution in [0.15, 0.2) is 42.6 Å². The highest BCUT2D eigenvalue weighted by Crippen LogP contribution is 2.07. The van der Waals surface area contributed by atoms with E-state index in [2.05, 4.69) is 23.3 Å². The number of amides is 1. The van der Waals surface area contributed by atoms with Gasteiger partial charge in [0.15, 0.2) is 0 Å². The van der Waals surface area contributed by atoms with Crippen molar-refractivity contribution in [2.45, 2.75) is 26.4 Å². The van der Waals surface area contributed by atoms with Crippen molar-refractivity contribution in [3.8, 4) is 0 Å². The molecule has 0 bridgehead atoms. The van der Waals surface area contributed by atoms with Crippen LogP contribution in [0.5, 0.6) is 0 Å². The molecule has 0 spiro atoms. The highest BCUT2D eigenvalue weighted by Gasteiger charge is 2.02. The van der Waals surface area contributed by atoms with Crippen molar-refractivity contribution >= 4 is 5.91 Å². The van der Waals surface area contributed by atoms with E-state index in [0.717, 1.165) is 30.8 Å². The smallest absolute Gasteiger partial charge is 0.248 e. The van der Waals surface area contributed by atoms with Crippen molar-refractivity contribution in [2.24, 2.45) is 5.73 Å². The van der Waals surface area contributed by atoms with Gasteiger partial charge >= 0.3 is 0 Å². The maximum atomic E-state index is 11.0. The number of aromatic nitrogens is 1. The maximum Gasteiger partial charge on any atom is 0.248 e. The first kappa shape index (κ1) is 14.2. The topological polar surface area (TPSA) is 68.0 Å². The third-order valence-corrected chi connectivity index (χ3v) is 3.23. The van der Waals surface area contributed by atoms with Crippen LogP contribution in [0.4, 0.5) is 0 Å². The Morgan fingerprint density at radius 2 is 1.95 bits per heavy atom. The van der Waals surface area contributed by atoms with Gasteiger partial charge in [0.2, 0.25) is 5.91 Å². The first-order valence-corrected chi connectivity index (χ1v) is 6.73. The Kier molecular flexibility index (Phi) is 4.85. The Labute approximate surface area is 119 Å². The second kappa shape index (κ2) is 6.82. The molecular formula is C16H19N3O. The van der Waals surface area contributed by atoms with E-state index in [-0.39, 0.29) is 0 Å². The molecule has 0 saturated heterocycles. The van der Waals surface area contributed by atoms with E-state index in [9.17, 15) is 4.79 Å². The molecule has 4 nitrogen and oxygen atoms in total. The van der Waals surface area contributed by atoms with E-state index in [0.29, 0.717) is 5.56 Å². The minimum atomic E-state index is -0.398. The molecule has 0 atom stereocenters. The molecule has 0 saturated carbocycles. The fraction of sp³-hybridized carbons (Fsp3) is 0.250. The largest absolute Gasteiger partial charge is 0.366 e. The molecule has 0 radical (unpaired) electrons. The van der Waals surface area contributed by atoms with Crippen molar-refractivity contribution in [2.75, 3.05) is 0 Å². The molecule has 0 unspecified atom stereocenters. The van der Waals surface area contributed by atoms with Crippen LogP contribution in [0, 0.1) is 0 Å². The number of hydrogen-bond donors (Lipinski definition) is 2. The van der Waals surface area contributed by atoms with Crippen LogP contribution < -0.4 is 11.1 Å². The predicted molar refractivity (Wildman–Crippen MR) is 79.1 cm³/mol. The number of nitrogens with zero attached hydrogens (tertiary/aromatic N) is 1. The van der Waals surface area contributed by atoms with Gasteiger partial charge < -0.3 is 11.1 Å². The van der Waals surface area contributed by atoms with Crippen LogP contribution in [0.25, 0.3) is 0 Å². The zero-order valence-electron chi connectivity index (χ0n) is 11.6. The molecule has 0 aliphatic heterocycles. The number of pyridine rings is 1. The fourth-order valence-electron chi connectivity index (χ4n) is 2.06. The zero-order chi connectivity index (χ0) is 14.4. The molecule has 0 aliphatic rings. The van der Waals surface area contributed by atoms with E-state index >= 15 is 0 Å². The standard InChI is InChI=1S/C16H19N3O/c1-2-13-4-3-9-19-15(13)11-18-10-12-5-7-14(8-6-12)16(17)20/h3-9,18H,2,10-11H2,1H3,(H2,17,20). The Bertz CT molecular complexity index is 579. The molecule has 0 fully saturated rings. The lowest BCUT2D eigenvalue weighted by molar-refractivity contribution is 0.100. The molecule has 2 aromatic rings. The van der Waals surface area contributed by atoms with Gasteiger partial charge in [0.05, 0.1) is 5.69 Å². The normalized spacial score (nSPS) is 10.4. The van der Waals surface area contributed by atoms with Gasteiger partial charge in [-0.3, -0.25) is 9.78 Å². The molecular weight excluding hydrogens is 250 g/mol. The summed E-state index contributed by atoms with van der Waals surface area (Å²) >= 11 is 0. The van der Waals surface area contributed by atoms with Crippen molar-refractivity contribution in [1.82, 2.24) is 10.3 Å². The number of benzene rings is 1. The second-order valence-corrected chi connectivity index (χ2v) is 4.63. The van der Waals surface area contributed by atoms with E-state index in [1.165, 1.54) is 5.56 Å². The van der Waals surface area contributed by atoms with Crippen LogP contribution >= 0.6 is 0 Å². The summed E-state index contributed by atoms with van der Waals surface area (Å²) in [5.74, 6) is -0.398. The number of nitrogens with two attached hydrogens (primary N) is 1. The average molecular weight is 269 g/mol. The number of rotatable bonds is 6. The van der Waals surface area contributed by atoms with E-state index < -0.39 is 5.91 Å². The second-order valence-electron chi connectivity index (χ2n) is 4.63. The number of primary amides is 1. The highest BCUT2D eigenvalue weighted by atomic mass is 16.1. The predicted octanol–water partition coefficient (Wildman–Crippen LogP) is 2.03. The van der Waals surface area contributed by atoms with Gasteiger partial charge in [-0.25, -0.2) is 0 Å². The van der Waals surface area contributed by atoms with Gasteiger partial charge in [-0.2, -0.15) is 0 Å². The Morgan fingerprint density at radius 3 is 2.60 bits per heavy atom. The number of nitrogens with one attached hydrogen (secondary N) is 1. The zero-order valence-corrected chi connectivity index (χ0v) is 11.6. The molecule has 1 amide bonds. The quantitative estimate of drug-likeness (QED) is 0.843. The van der Waals surface area contributed by atoms with Gasteiger partial charge in [-0.05, 0) is 35.7 Å². The van der Waals surface area contributed by atoms with Gasteiger partial charge in [0.1, 0.15) is 0 Å². The lowest BCUT2D eigenvalue weighted by Crippen LogP contribution is -2.15. The van der Waals surface area contributed by atoms with Crippen molar-refractivity contribution in [3.63, 3.8) is 0 Å². The van der Waals surface area contributed by atoms with E-state index in [1.807, 2.05) is 24.4 Å². The summed E-state index contributed by atoms with van der Waals surface area (Å²) in [5.41, 5.74) is 9.21. The Hall–Kier alpha value is -2.20. The molecule has 3 N–H and O–H groups in total. The lowest BCUT2D eigenvalue weighted by atomic mass is 10.1. The summed E-state index contributed by atoms with van der Waals surface area (Å²) in [7, 11) is 0. The molecule has 0 aliphatic carbocycles. The van der Waals surface area contributed by atoms with E-state index in [4.69, 9.17) is 5.73 Å². The van der Waals surface area contributed by atoms with Crippen LogP contribution in [-0.4, -0.2) is 10.9 Å². The van der Waals surface area contributed by atoms with Crippen molar-refractivity contribution in [3.05, 3.63) is 65.0 Å². The van der Waals surface area contributed by atoms with E-state index in [1.54, 1.807) is 12.1 Å². The lowest BCUT2D eigenvalue weighted by Gasteiger charge is -2.08. The molecule has 1 aromatic heterocycles. The van der Waals surface area contributed by atoms with Gasteiger partial charge in [0, 0.05) is 24.8 Å². The summed E-state index contributed by atoms with van der Waals surface area (Å²) in [6.45, 7) is 3.60. The first-order chi connectivity index (χ1) is 9.70. The maximum absolute atomic E-state index is 11.0. The highest BCUT2D eigenvalue weighted by molar-refractivity contribution is 5.92. The minimum absolute atomic E-state index is 0.398. The first-order valence-electron chi connectivity index (χ1n) is 6.73. The van der Waals surface area contributed by atoms with Crippen LogP contribution in [0.1, 0.15) is 34.1 Å². The average Bonchev–Trinajstić information content (AvgIpc) is 2.48. The SMILES string of the molecule is CCc1cccnc1CNCc1ccc(C(N)=O)cc1. The van der Waals surface area contributed by atoms with Crippen molar-refractivity contribution < 1.29 is 4.79 Å². The summed E-state index contributed by atoms with van der Waals surface area (Å²) in [6.07, 6.45) is 2.80. The van der Waals surface area contributed by atoms with Crippen molar-refractivity contribution in [1.29, 1.82) is 0 Å². The summed E-state index contributed by atoms with van der Waals surface area (Å²) < 4.78 is 0. The molecule has 2 rings (SSSR count). The molecule has 1 heterocycles. The molecule has 104 valence electrons. The van der Waals surface area contributed by atoms with Crippen LogP contribution in [0.2, 0.25) is 0 Å². The third kappa shape index (κ3) is 3.65. The fourth-order valence-corrected chi connectivity index (χ4v) is 2.06. The van der Waals surface area contributed by atoms with Gasteiger partial charge in [-0.1, -0.05) is 25.1 Å². The third-order valence-electron chi connectivity index (χ3n) is 3.23. The summed E-state index contributed by atoms with van der Waals surface area (Å²) in [6, 6.07) is 11.4. The number of hydrogen-bond acceptors (Lipinski definition) is 3. The van der Waals surface area contributed by atoms with Crippen LogP contribution in [-0.2, 0) is 19.5 Å². The number of carbonyl (C=O) groups excluding carboxylic acids is 1. The van der Waals surface area contributed by atoms with Gasteiger partial charge in [0.25, 0.3) is 0 Å². The minimum Gasteiger partial charge on any atom is -0.366 e. The molecule has 20 heavy (non-hydrogen) atoms. The Morgan fingerprint density at radius 1 is 1.20 bits per heavy atom. The summed E-state index contributed by atoms with van der Waals surface area (Å²) in [5, 5.41) is 3.36. The summed E-state index contributed by atoms with van der Waals surface area (Å²) in [4.78, 5) is 15.4. The monoisotopic (exact) mass is 269 g/mol.